The highest BCUT2D eigenvalue weighted by Gasteiger charge is 2.22. The van der Waals surface area contributed by atoms with Gasteiger partial charge in [-0.1, -0.05) is 29.5 Å². The second-order valence-electron chi connectivity index (χ2n) is 5.26. The van der Waals surface area contributed by atoms with E-state index in [1.165, 1.54) is 11.3 Å². The molecule has 0 saturated carbocycles. The van der Waals surface area contributed by atoms with Crippen molar-refractivity contribution in [2.45, 2.75) is 12.8 Å². The van der Waals surface area contributed by atoms with Crippen LogP contribution in [0.3, 0.4) is 0 Å². The summed E-state index contributed by atoms with van der Waals surface area (Å²) >= 11 is 1.19. The van der Waals surface area contributed by atoms with Gasteiger partial charge >= 0.3 is 0 Å². The highest BCUT2D eigenvalue weighted by Crippen LogP contribution is 2.26. The van der Waals surface area contributed by atoms with Gasteiger partial charge in [0.05, 0.1) is 5.69 Å². The van der Waals surface area contributed by atoms with Gasteiger partial charge in [0.2, 0.25) is 0 Å². The van der Waals surface area contributed by atoms with E-state index in [0.29, 0.717) is 22.1 Å². The number of carbonyl (C=O) groups excluding carboxylic acids is 2. The summed E-state index contributed by atoms with van der Waals surface area (Å²) in [6, 6.07) is 9.11. The molecule has 0 saturated heterocycles. The van der Waals surface area contributed by atoms with Gasteiger partial charge in [-0.05, 0) is 25.0 Å². The Hall–Kier alpha value is -2.67. The Morgan fingerprint density at radius 2 is 2.22 bits per heavy atom. The van der Waals surface area contributed by atoms with Crippen molar-refractivity contribution >= 4 is 39.3 Å². The minimum Gasteiger partial charge on any atom is -0.451 e. The van der Waals surface area contributed by atoms with Gasteiger partial charge in [-0.15, -0.1) is 0 Å². The molecule has 1 aromatic carbocycles. The number of fused-ring (bicyclic) bond motifs is 2. The number of amides is 2. The number of rotatable bonds is 2. The molecule has 0 unspecified atom stereocenters. The first-order valence-corrected chi connectivity index (χ1v) is 8.10. The van der Waals surface area contributed by atoms with Crippen LogP contribution in [0, 0.1) is 0 Å². The molecule has 7 heteroatoms. The first-order chi connectivity index (χ1) is 11.2. The third-order valence-electron chi connectivity index (χ3n) is 3.65. The Bertz CT molecular complexity index is 879. The summed E-state index contributed by atoms with van der Waals surface area (Å²) in [5.41, 5.74) is 1.40. The number of aryl methyl sites for hydroxylation is 1. The summed E-state index contributed by atoms with van der Waals surface area (Å²) in [6.07, 6.45) is 1.57. The zero-order valence-electron chi connectivity index (χ0n) is 12.1. The Morgan fingerprint density at radius 1 is 1.35 bits per heavy atom. The fourth-order valence-electron chi connectivity index (χ4n) is 2.54. The molecule has 2 N–H and O–H groups in total. The van der Waals surface area contributed by atoms with Crippen molar-refractivity contribution in [3.05, 3.63) is 46.7 Å². The largest absolute Gasteiger partial charge is 0.451 e. The molecule has 2 amide bonds. The van der Waals surface area contributed by atoms with E-state index in [0.717, 1.165) is 23.9 Å². The molecule has 6 nitrogen and oxygen atoms in total. The first kappa shape index (κ1) is 14.0. The third kappa shape index (κ3) is 2.59. The van der Waals surface area contributed by atoms with Crippen LogP contribution in [0.25, 0.3) is 11.0 Å². The maximum absolute atomic E-state index is 12.3. The van der Waals surface area contributed by atoms with Crippen molar-refractivity contribution in [2.24, 2.45) is 0 Å². The van der Waals surface area contributed by atoms with Gasteiger partial charge in [0.1, 0.15) is 10.5 Å². The zero-order chi connectivity index (χ0) is 15.8. The van der Waals surface area contributed by atoms with Gasteiger partial charge in [0, 0.05) is 11.9 Å². The monoisotopic (exact) mass is 327 g/mol. The number of anilines is 1. The number of benzene rings is 1. The van der Waals surface area contributed by atoms with Crippen molar-refractivity contribution in [1.82, 2.24) is 10.3 Å². The second kappa shape index (κ2) is 5.51. The molecule has 116 valence electrons. The van der Waals surface area contributed by atoms with Gasteiger partial charge in [0.25, 0.3) is 11.8 Å². The van der Waals surface area contributed by atoms with E-state index in [2.05, 4.69) is 15.6 Å². The average Bonchev–Trinajstić information content (AvgIpc) is 3.11. The summed E-state index contributed by atoms with van der Waals surface area (Å²) in [5, 5.41) is 6.81. The number of carbonyl (C=O) groups is 2. The number of nitrogens with one attached hydrogen (secondary N) is 2. The van der Waals surface area contributed by atoms with E-state index in [1.807, 2.05) is 24.3 Å². The number of thiazole rings is 1. The number of hydrogen-bond donors (Lipinski definition) is 2. The van der Waals surface area contributed by atoms with Gasteiger partial charge in [-0.3, -0.25) is 14.9 Å². The van der Waals surface area contributed by atoms with Crippen LogP contribution in [0.15, 0.2) is 34.7 Å². The Morgan fingerprint density at radius 3 is 3.09 bits per heavy atom. The van der Waals surface area contributed by atoms with Crippen molar-refractivity contribution in [1.29, 1.82) is 0 Å². The van der Waals surface area contributed by atoms with Crippen LogP contribution in [0.1, 0.15) is 32.3 Å². The predicted octanol–water partition coefficient (Wildman–Crippen LogP) is 2.82. The normalized spacial score (nSPS) is 14.2. The minimum absolute atomic E-state index is 0.126. The Kier molecular flexibility index (Phi) is 3.34. The topological polar surface area (TPSA) is 84.2 Å². The Labute approximate surface area is 135 Å². The molecule has 1 aliphatic rings. The number of nitrogens with zero attached hydrogens (tertiary/aromatic N) is 1. The quantitative estimate of drug-likeness (QED) is 0.758. The molecule has 3 heterocycles. The molecule has 0 radical (unpaired) electrons. The Balaban J connectivity index is 1.59. The average molecular weight is 327 g/mol. The molecule has 0 spiro atoms. The molecular formula is C16H13N3O3S. The summed E-state index contributed by atoms with van der Waals surface area (Å²) in [5.74, 6) is -0.272. The van der Waals surface area contributed by atoms with E-state index >= 15 is 0 Å². The van der Waals surface area contributed by atoms with E-state index in [1.54, 1.807) is 6.07 Å². The lowest BCUT2D eigenvalue weighted by Crippen LogP contribution is -2.21. The molecule has 3 aromatic rings. The van der Waals surface area contributed by atoms with Crippen LogP contribution in [0.2, 0.25) is 0 Å². The maximum atomic E-state index is 12.3. The van der Waals surface area contributed by atoms with E-state index in [4.69, 9.17) is 4.42 Å². The molecule has 4 rings (SSSR count). The SMILES string of the molecule is O=C(Nc1nc2c(s1)C(=O)NCCC2)c1cc2ccccc2o1. The third-order valence-corrected chi connectivity index (χ3v) is 4.66. The minimum atomic E-state index is -0.370. The molecular weight excluding hydrogens is 314 g/mol. The van der Waals surface area contributed by atoms with Gasteiger partial charge < -0.3 is 9.73 Å². The van der Waals surface area contributed by atoms with Crippen LogP contribution in [-0.2, 0) is 6.42 Å². The standard InChI is InChI=1S/C16H13N3O3S/c20-14(12-8-9-4-1-2-6-11(9)22-12)19-16-18-10-5-3-7-17-15(21)13(10)23-16/h1-2,4,6,8H,3,5,7H2,(H,17,21)(H,18,19,20). The van der Waals surface area contributed by atoms with E-state index in [9.17, 15) is 9.59 Å². The molecule has 0 fully saturated rings. The highest BCUT2D eigenvalue weighted by molar-refractivity contribution is 7.17. The van der Waals surface area contributed by atoms with Crippen molar-refractivity contribution in [2.75, 3.05) is 11.9 Å². The fourth-order valence-corrected chi connectivity index (χ4v) is 3.47. The van der Waals surface area contributed by atoms with Gasteiger partial charge in [0.15, 0.2) is 10.9 Å². The highest BCUT2D eigenvalue weighted by atomic mass is 32.1. The first-order valence-electron chi connectivity index (χ1n) is 7.28. The van der Waals surface area contributed by atoms with E-state index < -0.39 is 0 Å². The van der Waals surface area contributed by atoms with Crippen LogP contribution < -0.4 is 10.6 Å². The summed E-state index contributed by atoms with van der Waals surface area (Å²) in [4.78, 5) is 29.2. The lowest BCUT2D eigenvalue weighted by atomic mass is 10.2. The van der Waals surface area contributed by atoms with Crippen LogP contribution >= 0.6 is 11.3 Å². The number of aromatic nitrogens is 1. The van der Waals surface area contributed by atoms with E-state index in [-0.39, 0.29) is 17.6 Å². The summed E-state index contributed by atoms with van der Waals surface area (Å²) in [6.45, 7) is 0.655. The maximum Gasteiger partial charge on any atom is 0.293 e. The molecule has 2 aromatic heterocycles. The second-order valence-corrected chi connectivity index (χ2v) is 6.26. The van der Waals surface area contributed by atoms with Crippen LogP contribution in [-0.4, -0.2) is 23.3 Å². The lowest BCUT2D eigenvalue weighted by molar-refractivity contribution is 0.0958. The van der Waals surface area contributed by atoms with Gasteiger partial charge in [-0.25, -0.2) is 4.98 Å². The van der Waals surface area contributed by atoms with Crippen molar-refractivity contribution in [3.63, 3.8) is 0 Å². The number of para-hydroxylation sites is 1. The predicted molar refractivity (Wildman–Crippen MR) is 86.9 cm³/mol. The molecule has 0 atom stereocenters. The number of furan rings is 1. The van der Waals surface area contributed by atoms with Crippen LogP contribution in [0.5, 0.6) is 0 Å². The van der Waals surface area contributed by atoms with Crippen molar-refractivity contribution < 1.29 is 14.0 Å². The van der Waals surface area contributed by atoms with Gasteiger partial charge in [-0.2, -0.15) is 0 Å². The molecule has 1 aliphatic heterocycles. The molecule has 0 aliphatic carbocycles. The summed E-state index contributed by atoms with van der Waals surface area (Å²) < 4.78 is 5.53. The zero-order valence-corrected chi connectivity index (χ0v) is 12.9. The smallest absolute Gasteiger partial charge is 0.293 e. The fraction of sp³-hybridized carbons (Fsp3) is 0.188. The number of hydrogen-bond acceptors (Lipinski definition) is 5. The lowest BCUT2D eigenvalue weighted by Gasteiger charge is -1.98. The molecule has 0 bridgehead atoms. The van der Waals surface area contributed by atoms with Crippen molar-refractivity contribution in [3.8, 4) is 0 Å². The summed E-state index contributed by atoms with van der Waals surface area (Å²) in [7, 11) is 0. The molecule has 23 heavy (non-hydrogen) atoms. The van der Waals surface area contributed by atoms with Crippen LogP contribution in [0.4, 0.5) is 5.13 Å².